The van der Waals surface area contributed by atoms with Crippen molar-refractivity contribution in [3.05, 3.63) is 11.7 Å². The van der Waals surface area contributed by atoms with Crippen molar-refractivity contribution >= 4 is 0 Å². The third-order valence-corrected chi connectivity index (χ3v) is 2.70. The molecule has 1 heterocycles. The second-order valence-electron chi connectivity index (χ2n) is 5.22. The van der Waals surface area contributed by atoms with Gasteiger partial charge in [0.05, 0.1) is 6.54 Å². The molecule has 1 N–H and O–H groups in total. The van der Waals surface area contributed by atoms with Crippen LogP contribution in [0, 0.1) is 5.92 Å². The van der Waals surface area contributed by atoms with Gasteiger partial charge in [-0.3, -0.25) is 4.90 Å². The van der Waals surface area contributed by atoms with E-state index in [1.165, 1.54) is 0 Å². The quantitative estimate of drug-likeness (QED) is 0.682. The summed E-state index contributed by atoms with van der Waals surface area (Å²) in [6.45, 7) is 6.25. The highest BCUT2D eigenvalue weighted by atomic mass is 16.5. The number of nitrogens with zero attached hydrogens (tertiary/aromatic N) is 3. The van der Waals surface area contributed by atoms with Crippen LogP contribution in [-0.2, 0) is 13.0 Å². The lowest BCUT2D eigenvalue weighted by molar-refractivity contribution is 0.251. The Bertz CT molecular complexity index is 326. The predicted octanol–water partition coefficient (Wildman–Crippen LogP) is 1.86. The zero-order chi connectivity index (χ0) is 13.4. The van der Waals surface area contributed by atoms with Crippen LogP contribution in [0.25, 0.3) is 0 Å². The molecule has 0 aliphatic rings. The highest BCUT2D eigenvalue weighted by Crippen LogP contribution is 2.07. The van der Waals surface area contributed by atoms with E-state index in [9.17, 15) is 0 Å². The average molecular weight is 255 g/mol. The largest absolute Gasteiger partial charge is 0.396 e. The molecule has 0 amide bonds. The van der Waals surface area contributed by atoms with E-state index < -0.39 is 0 Å². The van der Waals surface area contributed by atoms with Gasteiger partial charge in [-0.1, -0.05) is 19.0 Å². The normalized spacial score (nSPS) is 11.7. The molecule has 1 rings (SSSR count). The SMILES string of the molecule is CC(C)Cc1noc(CN(C)CCCCCO)n1. The average Bonchev–Trinajstić information content (AvgIpc) is 2.71. The molecule has 0 unspecified atom stereocenters. The molecule has 5 nitrogen and oxygen atoms in total. The van der Waals surface area contributed by atoms with Gasteiger partial charge in [-0.05, 0) is 38.8 Å². The van der Waals surface area contributed by atoms with E-state index in [1.807, 2.05) is 7.05 Å². The van der Waals surface area contributed by atoms with Gasteiger partial charge < -0.3 is 9.63 Å². The fraction of sp³-hybridized carbons (Fsp3) is 0.846. The molecule has 0 saturated heterocycles. The zero-order valence-electron chi connectivity index (χ0n) is 11.7. The van der Waals surface area contributed by atoms with Crippen molar-refractivity contribution in [3.8, 4) is 0 Å². The summed E-state index contributed by atoms with van der Waals surface area (Å²) in [5, 5.41) is 12.7. The van der Waals surface area contributed by atoms with Gasteiger partial charge in [0.25, 0.3) is 0 Å². The molecule has 0 aliphatic heterocycles. The molecule has 0 atom stereocenters. The van der Waals surface area contributed by atoms with Crippen molar-refractivity contribution in [2.24, 2.45) is 5.92 Å². The maximum absolute atomic E-state index is 8.69. The Hall–Kier alpha value is -0.940. The van der Waals surface area contributed by atoms with Crippen LogP contribution in [0.5, 0.6) is 0 Å². The second kappa shape index (κ2) is 8.21. The predicted molar refractivity (Wildman–Crippen MR) is 70.1 cm³/mol. The van der Waals surface area contributed by atoms with Gasteiger partial charge in [0.1, 0.15) is 0 Å². The third-order valence-electron chi connectivity index (χ3n) is 2.70. The van der Waals surface area contributed by atoms with Crippen LogP contribution in [-0.4, -0.2) is 40.3 Å². The Balaban J connectivity index is 2.26. The minimum atomic E-state index is 0.284. The minimum Gasteiger partial charge on any atom is -0.396 e. The summed E-state index contributed by atoms with van der Waals surface area (Å²) in [6, 6.07) is 0. The standard InChI is InChI=1S/C13H25N3O2/c1-11(2)9-12-14-13(18-15-12)10-16(3)7-5-4-6-8-17/h11,17H,4-10H2,1-3H3. The molecular weight excluding hydrogens is 230 g/mol. The Morgan fingerprint density at radius 3 is 2.72 bits per heavy atom. The Morgan fingerprint density at radius 2 is 2.06 bits per heavy atom. The zero-order valence-corrected chi connectivity index (χ0v) is 11.7. The van der Waals surface area contributed by atoms with Crippen LogP contribution in [0.4, 0.5) is 0 Å². The molecule has 0 saturated carbocycles. The summed E-state index contributed by atoms with van der Waals surface area (Å²) in [6.07, 6.45) is 3.89. The smallest absolute Gasteiger partial charge is 0.240 e. The fourth-order valence-corrected chi connectivity index (χ4v) is 1.78. The monoisotopic (exact) mass is 255 g/mol. The molecule has 0 fully saturated rings. The Morgan fingerprint density at radius 1 is 1.28 bits per heavy atom. The van der Waals surface area contributed by atoms with Crippen molar-refractivity contribution in [1.29, 1.82) is 0 Å². The maximum atomic E-state index is 8.69. The first-order chi connectivity index (χ1) is 8.61. The van der Waals surface area contributed by atoms with Gasteiger partial charge in [0, 0.05) is 13.0 Å². The summed E-state index contributed by atoms with van der Waals surface area (Å²) in [4.78, 5) is 6.55. The molecular formula is C13H25N3O2. The van der Waals surface area contributed by atoms with Crippen molar-refractivity contribution in [2.75, 3.05) is 20.2 Å². The van der Waals surface area contributed by atoms with Crippen LogP contribution in [0.3, 0.4) is 0 Å². The molecule has 0 radical (unpaired) electrons. The van der Waals surface area contributed by atoms with Crippen LogP contribution in [0.2, 0.25) is 0 Å². The lowest BCUT2D eigenvalue weighted by Gasteiger charge is -2.13. The maximum Gasteiger partial charge on any atom is 0.240 e. The van der Waals surface area contributed by atoms with E-state index in [-0.39, 0.29) is 6.61 Å². The van der Waals surface area contributed by atoms with E-state index in [0.29, 0.717) is 18.4 Å². The van der Waals surface area contributed by atoms with Crippen molar-refractivity contribution in [1.82, 2.24) is 15.0 Å². The number of aliphatic hydroxyl groups excluding tert-OH is 1. The summed E-state index contributed by atoms with van der Waals surface area (Å²) in [7, 11) is 2.05. The van der Waals surface area contributed by atoms with Gasteiger partial charge in [-0.15, -0.1) is 0 Å². The van der Waals surface area contributed by atoms with Crippen LogP contribution >= 0.6 is 0 Å². The summed E-state index contributed by atoms with van der Waals surface area (Å²) >= 11 is 0. The molecule has 1 aromatic rings. The summed E-state index contributed by atoms with van der Waals surface area (Å²) < 4.78 is 5.22. The van der Waals surface area contributed by atoms with Crippen molar-refractivity contribution < 1.29 is 9.63 Å². The highest BCUT2D eigenvalue weighted by Gasteiger charge is 2.09. The van der Waals surface area contributed by atoms with Crippen molar-refractivity contribution in [3.63, 3.8) is 0 Å². The topological polar surface area (TPSA) is 62.4 Å². The minimum absolute atomic E-state index is 0.284. The van der Waals surface area contributed by atoms with Gasteiger partial charge in [0.15, 0.2) is 5.82 Å². The number of hydrogen-bond acceptors (Lipinski definition) is 5. The van der Waals surface area contributed by atoms with Gasteiger partial charge in [0.2, 0.25) is 5.89 Å². The second-order valence-corrected chi connectivity index (χ2v) is 5.22. The first kappa shape index (κ1) is 15.1. The number of aliphatic hydroxyl groups is 1. The number of rotatable bonds is 9. The number of hydrogen-bond donors (Lipinski definition) is 1. The third kappa shape index (κ3) is 6.12. The fourth-order valence-electron chi connectivity index (χ4n) is 1.78. The first-order valence-electron chi connectivity index (χ1n) is 6.72. The molecule has 104 valence electrons. The highest BCUT2D eigenvalue weighted by molar-refractivity contribution is 4.87. The van der Waals surface area contributed by atoms with Gasteiger partial charge >= 0.3 is 0 Å². The van der Waals surface area contributed by atoms with Crippen LogP contribution < -0.4 is 0 Å². The molecule has 0 aromatic carbocycles. The Kier molecular flexibility index (Phi) is 6.90. The van der Waals surface area contributed by atoms with Gasteiger partial charge in [-0.2, -0.15) is 4.98 Å². The van der Waals surface area contributed by atoms with Crippen molar-refractivity contribution in [2.45, 2.75) is 46.1 Å². The Labute approximate surface area is 109 Å². The molecule has 0 spiro atoms. The summed E-state index contributed by atoms with van der Waals surface area (Å²) in [5.41, 5.74) is 0. The molecule has 0 bridgehead atoms. The molecule has 18 heavy (non-hydrogen) atoms. The summed E-state index contributed by atoms with van der Waals surface area (Å²) in [5.74, 6) is 2.04. The number of unbranched alkanes of at least 4 members (excludes halogenated alkanes) is 2. The van der Waals surface area contributed by atoms with Gasteiger partial charge in [-0.25, -0.2) is 0 Å². The molecule has 5 heteroatoms. The lowest BCUT2D eigenvalue weighted by Crippen LogP contribution is -2.19. The lowest BCUT2D eigenvalue weighted by atomic mass is 10.1. The molecule has 1 aromatic heterocycles. The van der Waals surface area contributed by atoms with Crippen LogP contribution in [0.1, 0.15) is 44.8 Å². The van der Waals surface area contributed by atoms with E-state index in [2.05, 4.69) is 28.9 Å². The number of aromatic nitrogens is 2. The van der Waals surface area contributed by atoms with Crippen LogP contribution in [0.15, 0.2) is 4.52 Å². The van der Waals surface area contributed by atoms with E-state index in [1.54, 1.807) is 0 Å². The molecule has 0 aliphatic carbocycles. The van der Waals surface area contributed by atoms with E-state index in [4.69, 9.17) is 9.63 Å². The van der Waals surface area contributed by atoms with E-state index >= 15 is 0 Å². The first-order valence-corrected chi connectivity index (χ1v) is 6.72. The van der Waals surface area contributed by atoms with E-state index in [0.717, 1.165) is 38.1 Å².